The Bertz CT molecular complexity index is 583. The maximum atomic E-state index is 6.27. The van der Waals surface area contributed by atoms with Crippen LogP contribution in [0.4, 0.5) is 0 Å². The third-order valence-corrected chi connectivity index (χ3v) is 4.57. The highest BCUT2D eigenvalue weighted by Crippen LogP contribution is 2.27. The van der Waals surface area contributed by atoms with Crippen LogP contribution in [0, 0.1) is 13.8 Å². The summed E-state index contributed by atoms with van der Waals surface area (Å²) in [5.41, 5.74) is 9.99. The smallest absolute Gasteiger partial charge is 0.119 e. The Morgan fingerprint density at radius 2 is 1.95 bits per heavy atom. The van der Waals surface area contributed by atoms with Gasteiger partial charge in [-0.15, -0.1) is 11.8 Å². The lowest BCUT2D eigenvalue weighted by Crippen LogP contribution is -2.13. The zero-order valence-corrected chi connectivity index (χ0v) is 13.0. The molecule has 2 aromatic carbocycles. The van der Waals surface area contributed by atoms with E-state index < -0.39 is 0 Å². The summed E-state index contributed by atoms with van der Waals surface area (Å²) < 4.78 is 5.24. The van der Waals surface area contributed by atoms with E-state index in [9.17, 15) is 0 Å². The first-order valence-corrected chi connectivity index (χ1v) is 7.68. The molecule has 20 heavy (non-hydrogen) atoms. The monoisotopic (exact) mass is 287 g/mol. The average molecular weight is 287 g/mol. The van der Waals surface area contributed by atoms with E-state index >= 15 is 0 Å². The highest BCUT2D eigenvalue weighted by molar-refractivity contribution is 7.99. The number of thioether (sulfide) groups is 1. The molecule has 0 aliphatic carbocycles. The van der Waals surface area contributed by atoms with Crippen LogP contribution in [0.15, 0.2) is 47.4 Å². The molecule has 1 atom stereocenters. The van der Waals surface area contributed by atoms with Gasteiger partial charge in [-0.3, -0.25) is 0 Å². The van der Waals surface area contributed by atoms with Crippen molar-refractivity contribution in [1.29, 1.82) is 0 Å². The topological polar surface area (TPSA) is 35.2 Å². The Morgan fingerprint density at radius 1 is 1.15 bits per heavy atom. The fourth-order valence-electron chi connectivity index (χ4n) is 2.11. The molecule has 1 unspecified atom stereocenters. The lowest BCUT2D eigenvalue weighted by Gasteiger charge is -2.14. The molecule has 2 aromatic rings. The second-order valence-electron chi connectivity index (χ2n) is 4.96. The Labute approximate surface area is 125 Å². The van der Waals surface area contributed by atoms with Gasteiger partial charge in [-0.2, -0.15) is 0 Å². The summed E-state index contributed by atoms with van der Waals surface area (Å²) in [7, 11) is 1.68. The van der Waals surface area contributed by atoms with Crippen molar-refractivity contribution in [3.05, 3.63) is 59.2 Å². The van der Waals surface area contributed by atoms with Crippen molar-refractivity contribution in [2.45, 2.75) is 24.8 Å². The van der Waals surface area contributed by atoms with E-state index in [1.807, 2.05) is 18.2 Å². The van der Waals surface area contributed by atoms with Gasteiger partial charge in [0.1, 0.15) is 5.75 Å². The van der Waals surface area contributed by atoms with Gasteiger partial charge in [-0.1, -0.05) is 29.8 Å². The van der Waals surface area contributed by atoms with E-state index in [0.29, 0.717) is 0 Å². The molecule has 0 amide bonds. The molecule has 0 aromatic heterocycles. The number of ether oxygens (including phenoxy) is 1. The van der Waals surface area contributed by atoms with Gasteiger partial charge in [-0.25, -0.2) is 0 Å². The highest BCUT2D eigenvalue weighted by Gasteiger charge is 2.09. The largest absolute Gasteiger partial charge is 0.497 e. The first-order chi connectivity index (χ1) is 9.60. The van der Waals surface area contributed by atoms with Crippen LogP contribution in [-0.4, -0.2) is 12.9 Å². The zero-order chi connectivity index (χ0) is 14.5. The van der Waals surface area contributed by atoms with E-state index in [4.69, 9.17) is 10.5 Å². The molecule has 2 nitrogen and oxygen atoms in total. The fourth-order valence-corrected chi connectivity index (χ4v) is 3.11. The molecule has 0 radical (unpaired) electrons. The van der Waals surface area contributed by atoms with Crippen molar-refractivity contribution in [1.82, 2.24) is 0 Å². The van der Waals surface area contributed by atoms with Gasteiger partial charge in [0, 0.05) is 16.7 Å². The van der Waals surface area contributed by atoms with E-state index in [1.54, 1.807) is 18.9 Å². The van der Waals surface area contributed by atoms with Gasteiger partial charge in [0.2, 0.25) is 0 Å². The molecule has 0 aliphatic rings. The van der Waals surface area contributed by atoms with Crippen LogP contribution in [-0.2, 0) is 0 Å². The summed E-state index contributed by atoms with van der Waals surface area (Å²) in [5, 5.41) is 0. The Kier molecular flexibility index (Phi) is 5.10. The van der Waals surface area contributed by atoms with Gasteiger partial charge >= 0.3 is 0 Å². The van der Waals surface area contributed by atoms with Crippen molar-refractivity contribution in [3.8, 4) is 5.75 Å². The number of methoxy groups -OCH3 is 1. The summed E-state index contributed by atoms with van der Waals surface area (Å²) in [5.74, 6) is 1.71. The van der Waals surface area contributed by atoms with Crippen LogP contribution < -0.4 is 10.5 Å². The van der Waals surface area contributed by atoms with Crippen molar-refractivity contribution in [2.75, 3.05) is 12.9 Å². The molecule has 0 saturated heterocycles. The number of hydrogen-bond acceptors (Lipinski definition) is 3. The van der Waals surface area contributed by atoms with Gasteiger partial charge in [0.15, 0.2) is 0 Å². The predicted octanol–water partition coefficient (Wildman–Crippen LogP) is 4.10. The predicted molar refractivity (Wildman–Crippen MR) is 86.6 cm³/mol. The minimum Gasteiger partial charge on any atom is -0.497 e. The molecule has 0 fully saturated rings. The second kappa shape index (κ2) is 6.82. The molecule has 2 rings (SSSR count). The lowest BCUT2D eigenvalue weighted by molar-refractivity contribution is 0.414. The minimum atomic E-state index is 0.0100. The number of nitrogens with two attached hydrogens (primary N) is 1. The Balaban J connectivity index is 2.02. The maximum Gasteiger partial charge on any atom is 0.119 e. The molecule has 0 aliphatic heterocycles. The standard InChI is InChI=1S/C17H21NOS/c1-12-7-8-17(13(2)9-12)20-11-16(18)14-5-4-6-15(10-14)19-3/h4-10,16H,11,18H2,1-3H3. The van der Waals surface area contributed by atoms with Gasteiger partial charge in [-0.05, 0) is 43.2 Å². The second-order valence-corrected chi connectivity index (χ2v) is 6.02. The fraction of sp³-hybridized carbons (Fsp3) is 0.294. The van der Waals surface area contributed by atoms with Crippen LogP contribution in [0.1, 0.15) is 22.7 Å². The maximum absolute atomic E-state index is 6.27. The van der Waals surface area contributed by atoms with Crippen LogP contribution in [0.2, 0.25) is 0 Å². The van der Waals surface area contributed by atoms with Gasteiger partial charge in [0.05, 0.1) is 7.11 Å². The van der Waals surface area contributed by atoms with E-state index in [-0.39, 0.29) is 6.04 Å². The van der Waals surface area contributed by atoms with Crippen LogP contribution in [0.3, 0.4) is 0 Å². The summed E-state index contributed by atoms with van der Waals surface area (Å²) in [6.07, 6.45) is 0. The summed E-state index contributed by atoms with van der Waals surface area (Å²) in [6, 6.07) is 14.5. The zero-order valence-electron chi connectivity index (χ0n) is 12.2. The molecular weight excluding hydrogens is 266 g/mol. The molecule has 2 N–H and O–H groups in total. The minimum absolute atomic E-state index is 0.0100. The van der Waals surface area contributed by atoms with Crippen molar-refractivity contribution in [3.63, 3.8) is 0 Å². The SMILES string of the molecule is COc1cccc(C(N)CSc2ccc(C)cc2C)c1. The highest BCUT2D eigenvalue weighted by atomic mass is 32.2. The molecule has 106 valence electrons. The third kappa shape index (κ3) is 3.78. The molecule has 0 spiro atoms. The Hall–Kier alpha value is -1.45. The van der Waals surface area contributed by atoms with Gasteiger partial charge in [0.25, 0.3) is 0 Å². The molecule has 3 heteroatoms. The van der Waals surface area contributed by atoms with Gasteiger partial charge < -0.3 is 10.5 Å². The van der Waals surface area contributed by atoms with Crippen molar-refractivity contribution >= 4 is 11.8 Å². The van der Waals surface area contributed by atoms with Crippen LogP contribution in [0.5, 0.6) is 5.75 Å². The number of aryl methyl sites for hydroxylation is 2. The normalized spacial score (nSPS) is 12.2. The van der Waals surface area contributed by atoms with E-state index in [0.717, 1.165) is 17.1 Å². The lowest BCUT2D eigenvalue weighted by atomic mass is 10.1. The number of rotatable bonds is 5. The first-order valence-electron chi connectivity index (χ1n) is 6.69. The molecule has 0 heterocycles. The molecule has 0 saturated carbocycles. The number of hydrogen-bond donors (Lipinski definition) is 1. The third-order valence-electron chi connectivity index (χ3n) is 3.27. The van der Waals surface area contributed by atoms with E-state index in [1.165, 1.54) is 16.0 Å². The van der Waals surface area contributed by atoms with E-state index in [2.05, 4.69) is 38.1 Å². The molecular formula is C17H21NOS. The average Bonchev–Trinajstić information content (AvgIpc) is 2.46. The molecule has 0 bridgehead atoms. The van der Waals surface area contributed by atoms with Crippen molar-refractivity contribution in [2.24, 2.45) is 5.73 Å². The van der Waals surface area contributed by atoms with Crippen LogP contribution >= 0.6 is 11.8 Å². The van der Waals surface area contributed by atoms with Crippen LogP contribution in [0.25, 0.3) is 0 Å². The summed E-state index contributed by atoms with van der Waals surface area (Å²) in [4.78, 5) is 1.30. The first kappa shape index (κ1) is 14.9. The number of benzene rings is 2. The summed E-state index contributed by atoms with van der Waals surface area (Å²) >= 11 is 1.81. The Morgan fingerprint density at radius 3 is 2.65 bits per heavy atom. The van der Waals surface area contributed by atoms with Crippen molar-refractivity contribution < 1.29 is 4.74 Å². The summed E-state index contributed by atoms with van der Waals surface area (Å²) in [6.45, 7) is 4.26. The quantitative estimate of drug-likeness (QED) is 0.841.